The molecule has 13 heavy (non-hydrogen) atoms. The van der Waals surface area contributed by atoms with Crippen LogP contribution in [0, 0.1) is 0 Å². The van der Waals surface area contributed by atoms with Crippen molar-refractivity contribution in [1.29, 1.82) is 0 Å². The number of hydrogen-bond acceptors (Lipinski definition) is 2. The zero-order valence-corrected chi connectivity index (χ0v) is 9.01. The minimum absolute atomic E-state index is 0.376. The fourth-order valence-corrected chi connectivity index (χ4v) is 1.84. The van der Waals surface area contributed by atoms with E-state index in [-0.39, 0.29) is 0 Å². The van der Waals surface area contributed by atoms with Crippen LogP contribution in [0.15, 0.2) is 0 Å². The van der Waals surface area contributed by atoms with Crippen LogP contribution in [0.4, 0.5) is 0 Å². The number of hydrogen-bond donors (Lipinski definition) is 1. The molecule has 0 spiro atoms. The van der Waals surface area contributed by atoms with Crippen LogP contribution < -0.4 is 5.32 Å². The smallest absolute Gasteiger partial charge is 0.0671 e. The third kappa shape index (κ3) is 4.63. The van der Waals surface area contributed by atoms with Gasteiger partial charge in [-0.25, -0.2) is 0 Å². The van der Waals surface area contributed by atoms with Crippen LogP contribution >= 0.6 is 0 Å². The van der Waals surface area contributed by atoms with Crippen LogP contribution in [0.1, 0.15) is 46.0 Å². The molecule has 0 heterocycles. The van der Waals surface area contributed by atoms with Crippen molar-refractivity contribution < 1.29 is 4.74 Å². The highest BCUT2D eigenvalue weighted by Gasteiger charge is 2.14. The third-order valence-electron chi connectivity index (χ3n) is 2.66. The molecule has 78 valence electrons. The van der Waals surface area contributed by atoms with Gasteiger partial charge in [0.2, 0.25) is 0 Å². The maximum absolute atomic E-state index is 5.59. The summed E-state index contributed by atoms with van der Waals surface area (Å²) in [5, 5.41) is 3.57. The van der Waals surface area contributed by atoms with Crippen LogP contribution in [0.2, 0.25) is 0 Å². The maximum atomic E-state index is 5.59. The van der Waals surface area contributed by atoms with Crippen LogP contribution in [-0.4, -0.2) is 25.3 Å². The van der Waals surface area contributed by atoms with E-state index in [0.717, 1.165) is 25.6 Å². The van der Waals surface area contributed by atoms with E-state index >= 15 is 0 Å². The summed E-state index contributed by atoms with van der Waals surface area (Å²) >= 11 is 0. The minimum atomic E-state index is 0.376. The van der Waals surface area contributed by atoms with Gasteiger partial charge in [0.1, 0.15) is 0 Å². The molecule has 1 rings (SSSR count). The molecule has 1 saturated carbocycles. The molecule has 0 saturated heterocycles. The predicted octanol–water partition coefficient (Wildman–Crippen LogP) is 2.33. The lowest BCUT2D eigenvalue weighted by atomic mass is 10.2. The molecule has 0 bridgehead atoms. The summed E-state index contributed by atoms with van der Waals surface area (Å²) < 4.78 is 5.59. The monoisotopic (exact) mass is 185 g/mol. The van der Waals surface area contributed by atoms with Crippen molar-refractivity contribution in [2.24, 2.45) is 0 Å². The summed E-state index contributed by atoms with van der Waals surface area (Å²) in [6, 6.07) is 0.771. The van der Waals surface area contributed by atoms with Gasteiger partial charge in [0.05, 0.1) is 6.10 Å². The Hall–Kier alpha value is -0.0800. The highest BCUT2D eigenvalue weighted by atomic mass is 16.5. The first-order valence-corrected chi connectivity index (χ1v) is 5.68. The molecule has 1 aliphatic carbocycles. The van der Waals surface area contributed by atoms with Crippen molar-refractivity contribution in [3.05, 3.63) is 0 Å². The second-order valence-electron chi connectivity index (χ2n) is 4.07. The average Bonchev–Trinajstić information content (AvgIpc) is 2.64. The molecule has 0 aromatic heterocycles. The lowest BCUT2D eigenvalue weighted by Crippen LogP contribution is -2.33. The molecule has 1 unspecified atom stereocenters. The first-order valence-electron chi connectivity index (χ1n) is 5.68. The fraction of sp³-hybridized carbons (Fsp3) is 1.00. The molecule has 1 aliphatic rings. The van der Waals surface area contributed by atoms with Crippen molar-refractivity contribution >= 4 is 0 Å². The van der Waals surface area contributed by atoms with Gasteiger partial charge in [-0.05, 0) is 26.2 Å². The van der Waals surface area contributed by atoms with Gasteiger partial charge in [-0.3, -0.25) is 0 Å². The predicted molar refractivity (Wildman–Crippen MR) is 56.0 cm³/mol. The largest absolute Gasteiger partial charge is 0.377 e. The number of ether oxygens (including phenoxy) is 1. The zero-order chi connectivity index (χ0) is 9.52. The molecule has 2 nitrogen and oxygen atoms in total. The van der Waals surface area contributed by atoms with Crippen molar-refractivity contribution in [2.75, 3.05) is 13.2 Å². The van der Waals surface area contributed by atoms with E-state index in [1.54, 1.807) is 0 Å². The van der Waals surface area contributed by atoms with Crippen molar-refractivity contribution in [1.82, 2.24) is 5.32 Å². The average molecular weight is 185 g/mol. The van der Waals surface area contributed by atoms with Gasteiger partial charge in [0, 0.05) is 19.2 Å². The van der Waals surface area contributed by atoms with E-state index in [4.69, 9.17) is 4.74 Å². The SMILES string of the molecule is CCCOC(C)CNC1CCCC1. The van der Waals surface area contributed by atoms with Gasteiger partial charge < -0.3 is 10.1 Å². The summed E-state index contributed by atoms with van der Waals surface area (Å²) in [4.78, 5) is 0. The van der Waals surface area contributed by atoms with Gasteiger partial charge in [-0.1, -0.05) is 19.8 Å². The van der Waals surface area contributed by atoms with Gasteiger partial charge >= 0.3 is 0 Å². The zero-order valence-electron chi connectivity index (χ0n) is 9.01. The first kappa shape index (κ1) is 11.0. The lowest BCUT2D eigenvalue weighted by molar-refractivity contribution is 0.0645. The van der Waals surface area contributed by atoms with Gasteiger partial charge in [-0.15, -0.1) is 0 Å². The number of rotatable bonds is 6. The Morgan fingerprint density at radius 3 is 2.69 bits per heavy atom. The summed E-state index contributed by atoms with van der Waals surface area (Å²) in [5.41, 5.74) is 0. The Morgan fingerprint density at radius 1 is 1.38 bits per heavy atom. The molecule has 1 atom stereocenters. The lowest BCUT2D eigenvalue weighted by Gasteiger charge is -2.17. The Balaban J connectivity index is 1.97. The third-order valence-corrected chi connectivity index (χ3v) is 2.66. The standard InChI is InChI=1S/C11H23NO/c1-3-8-13-10(2)9-12-11-6-4-5-7-11/h10-12H,3-9H2,1-2H3. The second-order valence-corrected chi connectivity index (χ2v) is 4.07. The summed E-state index contributed by atoms with van der Waals surface area (Å²) in [6.07, 6.45) is 7.03. The molecule has 0 aliphatic heterocycles. The van der Waals surface area contributed by atoms with Crippen LogP contribution in [0.25, 0.3) is 0 Å². The molecule has 2 heteroatoms. The molecular weight excluding hydrogens is 162 g/mol. The van der Waals surface area contributed by atoms with Crippen LogP contribution in [0.5, 0.6) is 0 Å². The molecule has 0 radical (unpaired) electrons. The minimum Gasteiger partial charge on any atom is -0.377 e. The normalized spacial score (nSPS) is 20.8. The Morgan fingerprint density at radius 2 is 2.08 bits per heavy atom. The van der Waals surface area contributed by atoms with E-state index < -0.39 is 0 Å². The Bertz CT molecular complexity index is 121. The van der Waals surface area contributed by atoms with E-state index in [0.29, 0.717) is 6.10 Å². The van der Waals surface area contributed by atoms with E-state index in [2.05, 4.69) is 19.2 Å². The van der Waals surface area contributed by atoms with E-state index in [1.807, 2.05) is 0 Å². The van der Waals surface area contributed by atoms with Gasteiger partial charge in [0.25, 0.3) is 0 Å². The molecular formula is C11H23NO. The quantitative estimate of drug-likeness (QED) is 0.686. The van der Waals surface area contributed by atoms with Crippen LogP contribution in [0.3, 0.4) is 0 Å². The van der Waals surface area contributed by atoms with Crippen LogP contribution in [-0.2, 0) is 4.74 Å². The Kier molecular flexibility index (Phi) is 5.40. The molecule has 1 fully saturated rings. The number of nitrogens with one attached hydrogen (secondary N) is 1. The second kappa shape index (κ2) is 6.39. The molecule has 1 N–H and O–H groups in total. The van der Waals surface area contributed by atoms with Crippen molar-refractivity contribution in [2.45, 2.75) is 58.1 Å². The van der Waals surface area contributed by atoms with Crippen molar-refractivity contribution in [3.8, 4) is 0 Å². The van der Waals surface area contributed by atoms with E-state index in [9.17, 15) is 0 Å². The Labute approximate surface area is 82.0 Å². The summed E-state index contributed by atoms with van der Waals surface area (Å²) in [5.74, 6) is 0. The first-order chi connectivity index (χ1) is 6.33. The van der Waals surface area contributed by atoms with Gasteiger partial charge in [0.15, 0.2) is 0 Å². The fourth-order valence-electron chi connectivity index (χ4n) is 1.84. The molecule has 0 amide bonds. The summed E-state index contributed by atoms with van der Waals surface area (Å²) in [6.45, 7) is 6.22. The van der Waals surface area contributed by atoms with Gasteiger partial charge in [-0.2, -0.15) is 0 Å². The maximum Gasteiger partial charge on any atom is 0.0671 e. The molecule has 0 aromatic carbocycles. The van der Waals surface area contributed by atoms with Crippen molar-refractivity contribution in [3.63, 3.8) is 0 Å². The highest BCUT2D eigenvalue weighted by Crippen LogP contribution is 2.17. The van der Waals surface area contributed by atoms with E-state index in [1.165, 1.54) is 25.7 Å². The molecule has 0 aromatic rings. The topological polar surface area (TPSA) is 21.3 Å². The highest BCUT2D eigenvalue weighted by molar-refractivity contribution is 4.74. The summed E-state index contributed by atoms with van der Waals surface area (Å²) in [7, 11) is 0.